The zero-order valence-electron chi connectivity index (χ0n) is 13.9. The summed E-state index contributed by atoms with van der Waals surface area (Å²) in [6, 6.07) is 0. The molecule has 1 fully saturated rings. The summed E-state index contributed by atoms with van der Waals surface area (Å²) in [5, 5.41) is 19.4. The van der Waals surface area contributed by atoms with Gasteiger partial charge in [0.25, 0.3) is 0 Å². The van der Waals surface area contributed by atoms with Gasteiger partial charge in [0.15, 0.2) is 0 Å². The highest BCUT2D eigenvalue weighted by Gasteiger charge is 2.14. The smallest absolute Gasteiger partial charge is 0.0892 e. The molecule has 126 valence electrons. The Balaban J connectivity index is 2.68. The van der Waals surface area contributed by atoms with Crippen LogP contribution in [0.15, 0.2) is 34.5 Å². The molecule has 1 aliphatic carbocycles. The van der Waals surface area contributed by atoms with Crippen LogP contribution in [0.2, 0.25) is 0 Å². The van der Waals surface area contributed by atoms with Crippen molar-refractivity contribution in [2.24, 2.45) is 11.7 Å². The van der Waals surface area contributed by atoms with E-state index in [1.165, 1.54) is 32.1 Å². The first-order valence-corrected chi connectivity index (χ1v) is 9.28. The van der Waals surface area contributed by atoms with E-state index in [9.17, 15) is 10.2 Å². The van der Waals surface area contributed by atoms with Gasteiger partial charge in [0.2, 0.25) is 0 Å². The van der Waals surface area contributed by atoms with Gasteiger partial charge in [-0.15, -0.1) is 11.8 Å². The number of thioether (sulfide) groups is 1. The van der Waals surface area contributed by atoms with Crippen LogP contribution in [0.1, 0.15) is 52.4 Å². The number of aliphatic hydroxyl groups is 2. The van der Waals surface area contributed by atoms with Gasteiger partial charge in [0.1, 0.15) is 0 Å². The molecule has 1 atom stereocenters. The quantitative estimate of drug-likeness (QED) is 0.460. The molecule has 0 aliphatic heterocycles. The van der Waals surface area contributed by atoms with E-state index in [1.807, 2.05) is 30.8 Å². The third-order valence-electron chi connectivity index (χ3n) is 4.03. The summed E-state index contributed by atoms with van der Waals surface area (Å²) in [6.07, 6.45) is 12.5. The monoisotopic (exact) mass is 325 g/mol. The molecule has 4 N–H and O–H groups in total. The fourth-order valence-corrected chi connectivity index (χ4v) is 3.81. The first-order chi connectivity index (χ1) is 10.5. The van der Waals surface area contributed by atoms with Crippen LogP contribution < -0.4 is 5.73 Å². The fraction of sp³-hybridized carbons (Fsp3) is 0.667. The van der Waals surface area contributed by atoms with Gasteiger partial charge in [-0.2, -0.15) is 0 Å². The number of nitrogens with two attached hydrogens (primary N) is 1. The minimum absolute atomic E-state index is 0.296. The lowest BCUT2D eigenvalue weighted by atomic mass is 9.91. The zero-order valence-corrected chi connectivity index (χ0v) is 14.7. The van der Waals surface area contributed by atoms with E-state index in [4.69, 9.17) is 5.73 Å². The average Bonchev–Trinajstić information content (AvgIpc) is 2.51. The molecule has 1 aliphatic rings. The molecule has 0 spiro atoms. The first-order valence-electron chi connectivity index (χ1n) is 8.29. The van der Waals surface area contributed by atoms with Gasteiger partial charge in [-0.05, 0) is 69.4 Å². The van der Waals surface area contributed by atoms with Crippen LogP contribution in [0.3, 0.4) is 0 Å². The lowest BCUT2D eigenvalue weighted by Crippen LogP contribution is -2.14. The molecule has 22 heavy (non-hydrogen) atoms. The summed E-state index contributed by atoms with van der Waals surface area (Å²) in [6.45, 7) is 4.08. The summed E-state index contributed by atoms with van der Waals surface area (Å²) in [4.78, 5) is 1.09. The lowest BCUT2D eigenvalue weighted by molar-refractivity contribution is 0.203. The van der Waals surface area contributed by atoms with Crippen molar-refractivity contribution in [3.8, 4) is 0 Å². The third-order valence-corrected chi connectivity index (χ3v) is 5.26. The SMILES string of the molecule is C\C(O)=C/C=C(\C=C(/C)C(O)CCN)SCC1CCCCC1. The van der Waals surface area contributed by atoms with Crippen molar-refractivity contribution in [2.75, 3.05) is 12.3 Å². The predicted octanol–water partition coefficient (Wildman–Crippen LogP) is 4.30. The number of aliphatic hydroxyl groups excluding tert-OH is 2. The van der Waals surface area contributed by atoms with Crippen LogP contribution >= 0.6 is 11.8 Å². The van der Waals surface area contributed by atoms with Crippen molar-refractivity contribution >= 4 is 11.8 Å². The second kappa shape index (κ2) is 10.9. The number of rotatable bonds is 8. The molecule has 4 heteroatoms. The minimum Gasteiger partial charge on any atom is -0.513 e. The normalized spacial score (nSPS) is 20.3. The van der Waals surface area contributed by atoms with E-state index in [0.29, 0.717) is 18.7 Å². The summed E-state index contributed by atoms with van der Waals surface area (Å²) in [5.41, 5.74) is 6.43. The molecule has 0 aromatic rings. The Kier molecular flexibility index (Phi) is 9.60. The van der Waals surface area contributed by atoms with E-state index in [-0.39, 0.29) is 0 Å². The number of hydrogen-bond acceptors (Lipinski definition) is 4. The van der Waals surface area contributed by atoms with Crippen LogP contribution in [0.25, 0.3) is 0 Å². The van der Waals surface area contributed by atoms with Gasteiger partial charge >= 0.3 is 0 Å². The van der Waals surface area contributed by atoms with E-state index in [1.54, 1.807) is 13.0 Å². The van der Waals surface area contributed by atoms with E-state index in [0.717, 1.165) is 22.1 Å². The highest BCUT2D eigenvalue weighted by molar-refractivity contribution is 8.03. The molecule has 0 aromatic heterocycles. The zero-order chi connectivity index (χ0) is 16.4. The highest BCUT2D eigenvalue weighted by atomic mass is 32.2. The Morgan fingerprint density at radius 2 is 1.91 bits per heavy atom. The summed E-state index contributed by atoms with van der Waals surface area (Å²) >= 11 is 1.82. The maximum absolute atomic E-state index is 10.0. The molecular weight excluding hydrogens is 294 g/mol. The van der Waals surface area contributed by atoms with Crippen molar-refractivity contribution in [1.29, 1.82) is 0 Å². The molecule has 0 amide bonds. The largest absolute Gasteiger partial charge is 0.513 e. The van der Waals surface area contributed by atoms with Gasteiger partial charge in [-0.3, -0.25) is 0 Å². The summed E-state index contributed by atoms with van der Waals surface area (Å²) in [5.74, 6) is 2.20. The Labute approximate surface area is 139 Å². The molecule has 0 bridgehead atoms. The molecule has 0 aromatic carbocycles. The van der Waals surface area contributed by atoms with Crippen LogP contribution in [-0.4, -0.2) is 28.6 Å². The molecule has 3 nitrogen and oxygen atoms in total. The average molecular weight is 326 g/mol. The standard InChI is InChI=1S/C18H31NO2S/c1-14(18(21)10-11-19)12-17(9-8-15(2)20)22-13-16-6-4-3-5-7-16/h8-9,12,16,18,20-21H,3-7,10-11,13,19H2,1-2H3/b14-12+,15-8+,17-9+. The maximum atomic E-state index is 10.0. The highest BCUT2D eigenvalue weighted by Crippen LogP contribution is 2.30. The molecule has 1 saturated carbocycles. The van der Waals surface area contributed by atoms with E-state index in [2.05, 4.69) is 0 Å². The lowest BCUT2D eigenvalue weighted by Gasteiger charge is -2.21. The number of hydrogen-bond donors (Lipinski definition) is 3. The van der Waals surface area contributed by atoms with Crippen molar-refractivity contribution in [1.82, 2.24) is 0 Å². The first kappa shape index (κ1) is 19.3. The Morgan fingerprint density at radius 1 is 1.23 bits per heavy atom. The van der Waals surface area contributed by atoms with Crippen molar-refractivity contribution < 1.29 is 10.2 Å². The second-order valence-electron chi connectivity index (χ2n) is 6.17. The van der Waals surface area contributed by atoms with E-state index >= 15 is 0 Å². The van der Waals surface area contributed by atoms with Crippen LogP contribution in [0, 0.1) is 5.92 Å². The topological polar surface area (TPSA) is 66.5 Å². The molecule has 1 unspecified atom stereocenters. The summed E-state index contributed by atoms with van der Waals surface area (Å²) < 4.78 is 0. The molecular formula is C18H31NO2S. The van der Waals surface area contributed by atoms with Gasteiger partial charge in [0, 0.05) is 10.7 Å². The fourth-order valence-electron chi connectivity index (χ4n) is 2.61. The molecule has 0 radical (unpaired) electrons. The van der Waals surface area contributed by atoms with Crippen LogP contribution in [0.4, 0.5) is 0 Å². The maximum Gasteiger partial charge on any atom is 0.0892 e. The van der Waals surface area contributed by atoms with Crippen LogP contribution in [-0.2, 0) is 0 Å². The van der Waals surface area contributed by atoms with Gasteiger partial charge < -0.3 is 15.9 Å². The Hall–Kier alpha value is -0.710. The Bertz CT molecular complexity index is 405. The second-order valence-corrected chi connectivity index (χ2v) is 7.27. The van der Waals surface area contributed by atoms with Crippen LogP contribution in [0.5, 0.6) is 0 Å². The van der Waals surface area contributed by atoms with Crippen molar-refractivity contribution in [2.45, 2.75) is 58.5 Å². The molecule has 0 saturated heterocycles. The van der Waals surface area contributed by atoms with Gasteiger partial charge in [-0.25, -0.2) is 0 Å². The van der Waals surface area contributed by atoms with Gasteiger partial charge in [0.05, 0.1) is 11.9 Å². The third kappa shape index (κ3) is 8.06. The molecule has 1 rings (SSSR count). The van der Waals surface area contributed by atoms with Crippen molar-refractivity contribution in [3.05, 3.63) is 34.5 Å². The minimum atomic E-state index is -0.483. The van der Waals surface area contributed by atoms with Gasteiger partial charge in [-0.1, -0.05) is 19.3 Å². The van der Waals surface area contributed by atoms with Crippen molar-refractivity contribution in [3.63, 3.8) is 0 Å². The van der Waals surface area contributed by atoms with E-state index < -0.39 is 6.10 Å². The predicted molar refractivity (Wildman–Crippen MR) is 96.9 cm³/mol. The Morgan fingerprint density at radius 3 is 2.50 bits per heavy atom. The molecule has 0 heterocycles. The number of allylic oxidation sites excluding steroid dienone is 4. The summed E-state index contributed by atoms with van der Waals surface area (Å²) in [7, 11) is 0.